The molecule has 1 aliphatic heterocycles. The molecular weight excluding hydrogens is 390 g/mol. The Bertz CT molecular complexity index is 779. The number of rotatable bonds is 6. The third kappa shape index (κ3) is 5.17. The third-order valence-electron chi connectivity index (χ3n) is 6.29. The molecule has 1 heterocycles. The van der Waals surface area contributed by atoms with Gasteiger partial charge in [0.25, 0.3) is 5.91 Å². The quantitative estimate of drug-likeness (QED) is 0.709. The van der Waals surface area contributed by atoms with Crippen LogP contribution in [0.15, 0.2) is 29.2 Å². The molecule has 1 amide bonds. The van der Waals surface area contributed by atoms with Crippen LogP contribution in [0.25, 0.3) is 0 Å². The van der Waals surface area contributed by atoms with Crippen molar-refractivity contribution in [3.63, 3.8) is 0 Å². The van der Waals surface area contributed by atoms with Gasteiger partial charge >= 0.3 is 0 Å². The average Bonchev–Trinajstić information content (AvgIpc) is 2.99. The first-order valence-corrected chi connectivity index (χ1v) is 11.9. The zero-order valence-electron chi connectivity index (χ0n) is 17.5. The summed E-state index contributed by atoms with van der Waals surface area (Å²) in [6.07, 6.45) is 7.03. The van der Waals surface area contributed by atoms with Crippen LogP contribution in [-0.2, 0) is 14.8 Å². The number of sulfonamides is 1. The highest BCUT2D eigenvalue weighted by Gasteiger charge is 2.33. The molecule has 7 nitrogen and oxygen atoms in total. The third-order valence-corrected chi connectivity index (χ3v) is 8.20. The Balaban J connectivity index is 1.65. The van der Waals surface area contributed by atoms with Gasteiger partial charge in [-0.15, -0.1) is 0 Å². The van der Waals surface area contributed by atoms with E-state index in [1.165, 1.54) is 42.1 Å². The van der Waals surface area contributed by atoms with Gasteiger partial charge in [-0.05, 0) is 51.2 Å². The van der Waals surface area contributed by atoms with Gasteiger partial charge in [-0.2, -0.15) is 4.31 Å². The lowest BCUT2D eigenvalue weighted by atomic mass is 9.88. The van der Waals surface area contributed by atoms with Crippen molar-refractivity contribution >= 4 is 15.9 Å². The lowest BCUT2D eigenvalue weighted by Crippen LogP contribution is -2.52. The molecule has 1 saturated carbocycles. The highest BCUT2D eigenvalue weighted by atomic mass is 32.2. The summed E-state index contributed by atoms with van der Waals surface area (Å²) in [4.78, 5) is 15.2. The molecule has 8 heteroatoms. The molecule has 0 spiro atoms. The summed E-state index contributed by atoms with van der Waals surface area (Å²) in [5.74, 6) is -0.161. The van der Waals surface area contributed by atoms with E-state index in [4.69, 9.17) is 4.74 Å². The first-order chi connectivity index (χ1) is 13.8. The van der Waals surface area contributed by atoms with Gasteiger partial charge in [-0.25, -0.2) is 8.42 Å². The van der Waals surface area contributed by atoms with Gasteiger partial charge in [0.05, 0.1) is 18.1 Å². The van der Waals surface area contributed by atoms with E-state index in [-0.39, 0.29) is 16.3 Å². The molecule has 1 aliphatic carbocycles. The summed E-state index contributed by atoms with van der Waals surface area (Å²) in [5.41, 5.74) is 0.472. The molecule has 162 valence electrons. The summed E-state index contributed by atoms with van der Waals surface area (Å²) < 4.78 is 32.1. The molecule has 1 aromatic carbocycles. The van der Waals surface area contributed by atoms with Crippen LogP contribution < -0.4 is 5.32 Å². The van der Waals surface area contributed by atoms with Crippen LogP contribution in [0.1, 0.15) is 48.9 Å². The molecule has 1 aromatic rings. The summed E-state index contributed by atoms with van der Waals surface area (Å²) in [6.45, 7) is 2.14. The van der Waals surface area contributed by atoms with Gasteiger partial charge in [0.2, 0.25) is 10.0 Å². The molecule has 2 aliphatic rings. The van der Waals surface area contributed by atoms with Crippen molar-refractivity contribution in [1.82, 2.24) is 14.5 Å². The van der Waals surface area contributed by atoms with E-state index in [9.17, 15) is 13.2 Å². The number of ether oxygens (including phenoxy) is 1. The van der Waals surface area contributed by atoms with Gasteiger partial charge < -0.3 is 15.0 Å². The molecule has 0 bridgehead atoms. The van der Waals surface area contributed by atoms with Crippen molar-refractivity contribution in [3.05, 3.63) is 29.8 Å². The number of morpholine rings is 1. The second-order valence-electron chi connectivity index (χ2n) is 8.26. The minimum Gasteiger partial charge on any atom is -0.379 e. The Labute approximate surface area is 174 Å². The Morgan fingerprint density at radius 2 is 1.66 bits per heavy atom. The number of nitrogens with one attached hydrogen (secondary N) is 1. The first kappa shape index (κ1) is 22.2. The number of likely N-dealkylation sites (N-methyl/N-ethyl adjacent to an activating group) is 1. The van der Waals surface area contributed by atoms with E-state index < -0.39 is 10.0 Å². The molecule has 1 saturated heterocycles. The fourth-order valence-electron chi connectivity index (χ4n) is 4.23. The first-order valence-electron chi connectivity index (χ1n) is 10.5. The zero-order valence-corrected chi connectivity index (χ0v) is 18.3. The molecule has 29 heavy (non-hydrogen) atoms. The Morgan fingerprint density at radius 3 is 2.21 bits per heavy atom. The van der Waals surface area contributed by atoms with Crippen molar-refractivity contribution in [1.29, 1.82) is 0 Å². The van der Waals surface area contributed by atoms with E-state index in [1.54, 1.807) is 12.1 Å². The highest BCUT2D eigenvalue weighted by Crippen LogP contribution is 2.30. The molecule has 2 fully saturated rings. The van der Waals surface area contributed by atoms with Crippen molar-refractivity contribution in [3.8, 4) is 0 Å². The summed E-state index contributed by atoms with van der Waals surface area (Å²) in [5, 5.41) is 3.08. The van der Waals surface area contributed by atoms with Crippen molar-refractivity contribution < 1.29 is 17.9 Å². The number of hydrogen-bond donors (Lipinski definition) is 1. The lowest BCUT2D eigenvalue weighted by molar-refractivity contribution is 0.0730. The van der Waals surface area contributed by atoms with E-state index >= 15 is 0 Å². The summed E-state index contributed by atoms with van der Waals surface area (Å²) >= 11 is 0. The highest BCUT2D eigenvalue weighted by molar-refractivity contribution is 7.89. The number of amides is 1. The Hall–Kier alpha value is -1.48. The minimum absolute atomic E-state index is 0.00816. The largest absolute Gasteiger partial charge is 0.379 e. The number of hydrogen-bond acceptors (Lipinski definition) is 5. The molecule has 3 rings (SSSR count). The maximum Gasteiger partial charge on any atom is 0.251 e. The molecule has 0 aromatic heterocycles. The van der Waals surface area contributed by atoms with Crippen LogP contribution >= 0.6 is 0 Å². The van der Waals surface area contributed by atoms with E-state index in [0.29, 0.717) is 38.4 Å². The monoisotopic (exact) mass is 423 g/mol. The second-order valence-corrected chi connectivity index (χ2v) is 10.2. The van der Waals surface area contributed by atoms with Gasteiger partial charge in [0, 0.05) is 30.7 Å². The lowest BCUT2D eigenvalue weighted by Gasteiger charge is -2.39. The van der Waals surface area contributed by atoms with Crippen LogP contribution in [0.2, 0.25) is 0 Å². The van der Waals surface area contributed by atoms with Crippen LogP contribution in [0, 0.1) is 0 Å². The molecule has 1 N–H and O–H groups in total. The normalized spacial score (nSPS) is 20.9. The zero-order chi connectivity index (χ0) is 20.9. The van der Waals surface area contributed by atoms with Crippen LogP contribution in [-0.4, -0.2) is 76.0 Å². The van der Waals surface area contributed by atoms with Crippen molar-refractivity contribution in [2.75, 3.05) is 46.9 Å². The van der Waals surface area contributed by atoms with Gasteiger partial charge in [-0.3, -0.25) is 4.79 Å². The van der Waals surface area contributed by atoms with Crippen LogP contribution in [0.3, 0.4) is 0 Å². The number of carbonyl (C=O) groups excluding carboxylic acids is 1. The van der Waals surface area contributed by atoms with Gasteiger partial charge in [-0.1, -0.05) is 25.7 Å². The molecule has 0 atom stereocenters. The van der Waals surface area contributed by atoms with E-state index in [2.05, 4.69) is 24.3 Å². The molecule has 0 unspecified atom stereocenters. The average molecular weight is 424 g/mol. The predicted molar refractivity (Wildman–Crippen MR) is 112 cm³/mol. The van der Waals surface area contributed by atoms with Crippen molar-refractivity contribution in [2.24, 2.45) is 0 Å². The summed E-state index contributed by atoms with van der Waals surface area (Å²) in [7, 11) is 0.628. The number of nitrogens with zero attached hydrogens (tertiary/aromatic N) is 2. The number of carbonyl (C=O) groups is 1. The number of benzene rings is 1. The Morgan fingerprint density at radius 1 is 1.07 bits per heavy atom. The minimum atomic E-state index is -3.54. The fraction of sp³-hybridized carbons (Fsp3) is 0.667. The standard InChI is InChI=1S/C21H33N3O4S/c1-23(2)21(11-5-3-4-6-12-21)17-22-20(25)18-7-9-19(10-8-18)29(26,27)24-13-15-28-16-14-24/h7-10H,3-6,11-17H2,1-2H3,(H,22,25). The topological polar surface area (TPSA) is 79.0 Å². The van der Waals surface area contributed by atoms with Gasteiger partial charge in [0.1, 0.15) is 0 Å². The van der Waals surface area contributed by atoms with E-state index in [0.717, 1.165) is 12.8 Å². The smallest absolute Gasteiger partial charge is 0.251 e. The Kier molecular flexibility index (Phi) is 7.32. The second kappa shape index (κ2) is 9.55. The molecular formula is C21H33N3O4S. The van der Waals surface area contributed by atoms with Crippen LogP contribution in [0.5, 0.6) is 0 Å². The maximum atomic E-state index is 12.7. The maximum absolute atomic E-state index is 12.7. The predicted octanol–water partition coefficient (Wildman–Crippen LogP) is 2.09. The summed E-state index contributed by atoms with van der Waals surface area (Å²) in [6, 6.07) is 6.23. The SMILES string of the molecule is CN(C)C1(CNC(=O)c2ccc(S(=O)(=O)N3CCOCC3)cc2)CCCCCC1. The van der Waals surface area contributed by atoms with Crippen molar-refractivity contribution in [2.45, 2.75) is 49.0 Å². The molecule has 0 radical (unpaired) electrons. The van der Waals surface area contributed by atoms with Gasteiger partial charge in [0.15, 0.2) is 0 Å². The van der Waals surface area contributed by atoms with E-state index in [1.807, 2.05) is 0 Å². The van der Waals surface area contributed by atoms with Crippen LogP contribution in [0.4, 0.5) is 0 Å². The fourth-order valence-corrected chi connectivity index (χ4v) is 5.64.